The SMILES string of the molecule is Cc1nc2ccccc2n1CCNC1CC2CC1C1CCCC21. The Hall–Kier alpha value is -1.35. The topological polar surface area (TPSA) is 29.9 Å². The van der Waals surface area contributed by atoms with Gasteiger partial charge in [-0.15, -0.1) is 0 Å². The first-order chi connectivity index (χ1) is 11.3. The van der Waals surface area contributed by atoms with Crippen LogP contribution in [0.2, 0.25) is 0 Å². The largest absolute Gasteiger partial charge is 0.327 e. The van der Waals surface area contributed by atoms with Gasteiger partial charge in [-0.3, -0.25) is 0 Å². The zero-order chi connectivity index (χ0) is 15.4. The van der Waals surface area contributed by atoms with Gasteiger partial charge in [-0.05, 0) is 68.4 Å². The average molecular weight is 309 g/mol. The van der Waals surface area contributed by atoms with Gasteiger partial charge < -0.3 is 9.88 Å². The molecule has 2 bridgehead atoms. The third-order valence-electron chi connectivity index (χ3n) is 7.02. The van der Waals surface area contributed by atoms with Crippen molar-refractivity contribution >= 4 is 11.0 Å². The smallest absolute Gasteiger partial charge is 0.106 e. The number of imidazole rings is 1. The van der Waals surface area contributed by atoms with Crippen LogP contribution in [0.3, 0.4) is 0 Å². The molecule has 0 saturated heterocycles. The molecule has 0 radical (unpaired) electrons. The molecule has 0 aliphatic heterocycles. The first-order valence-electron chi connectivity index (χ1n) is 9.46. The molecule has 122 valence electrons. The van der Waals surface area contributed by atoms with Gasteiger partial charge >= 0.3 is 0 Å². The Morgan fingerprint density at radius 3 is 2.96 bits per heavy atom. The molecule has 3 saturated carbocycles. The zero-order valence-corrected chi connectivity index (χ0v) is 14.0. The summed E-state index contributed by atoms with van der Waals surface area (Å²) in [7, 11) is 0. The minimum atomic E-state index is 0.787. The quantitative estimate of drug-likeness (QED) is 0.932. The summed E-state index contributed by atoms with van der Waals surface area (Å²) < 4.78 is 2.37. The minimum absolute atomic E-state index is 0.787. The molecule has 3 aliphatic carbocycles. The fourth-order valence-electron chi connectivity index (χ4n) is 6.14. The summed E-state index contributed by atoms with van der Waals surface area (Å²) >= 11 is 0. The summed E-state index contributed by atoms with van der Waals surface area (Å²) in [5.74, 6) is 5.31. The first-order valence-corrected chi connectivity index (χ1v) is 9.46. The molecule has 3 fully saturated rings. The van der Waals surface area contributed by atoms with Crippen molar-refractivity contribution in [3.63, 3.8) is 0 Å². The van der Waals surface area contributed by atoms with E-state index in [0.717, 1.165) is 54.1 Å². The third-order valence-corrected chi connectivity index (χ3v) is 7.02. The third kappa shape index (κ3) is 2.16. The molecule has 5 unspecified atom stereocenters. The van der Waals surface area contributed by atoms with Crippen LogP contribution in [0.15, 0.2) is 24.3 Å². The summed E-state index contributed by atoms with van der Waals surface area (Å²) in [5, 5.41) is 3.91. The lowest BCUT2D eigenvalue weighted by Crippen LogP contribution is -2.40. The molecule has 23 heavy (non-hydrogen) atoms. The van der Waals surface area contributed by atoms with Crippen LogP contribution in [0, 0.1) is 30.6 Å². The summed E-state index contributed by atoms with van der Waals surface area (Å²) in [6.45, 7) is 4.24. The standard InChI is InChI=1S/C20H27N3/c1-13-22-18-7-2-3-8-20(18)23(13)10-9-21-19-12-14-11-17(19)16-6-4-5-15(14)16/h2-3,7-8,14-17,19,21H,4-6,9-12H2,1H3. The fraction of sp³-hybridized carbons (Fsp3) is 0.650. The molecule has 0 amide bonds. The van der Waals surface area contributed by atoms with Gasteiger partial charge in [-0.2, -0.15) is 0 Å². The fourth-order valence-corrected chi connectivity index (χ4v) is 6.14. The van der Waals surface area contributed by atoms with Gasteiger partial charge in [0.2, 0.25) is 0 Å². The highest BCUT2D eigenvalue weighted by molar-refractivity contribution is 5.75. The van der Waals surface area contributed by atoms with Crippen LogP contribution in [0.5, 0.6) is 0 Å². The van der Waals surface area contributed by atoms with E-state index >= 15 is 0 Å². The molecule has 3 nitrogen and oxygen atoms in total. The maximum Gasteiger partial charge on any atom is 0.106 e. The number of hydrogen-bond acceptors (Lipinski definition) is 2. The van der Waals surface area contributed by atoms with E-state index < -0.39 is 0 Å². The van der Waals surface area contributed by atoms with Crippen molar-refractivity contribution in [2.24, 2.45) is 23.7 Å². The second-order valence-electron chi connectivity index (χ2n) is 8.01. The molecule has 1 N–H and O–H groups in total. The average Bonchev–Trinajstić information content (AvgIpc) is 3.28. The van der Waals surface area contributed by atoms with Crippen molar-refractivity contribution in [1.82, 2.24) is 14.9 Å². The van der Waals surface area contributed by atoms with Gasteiger partial charge in [-0.25, -0.2) is 4.98 Å². The minimum Gasteiger partial charge on any atom is -0.327 e. The predicted octanol–water partition coefficient (Wildman–Crippen LogP) is 3.76. The van der Waals surface area contributed by atoms with Crippen molar-refractivity contribution in [3.05, 3.63) is 30.1 Å². The van der Waals surface area contributed by atoms with Crippen molar-refractivity contribution in [2.45, 2.75) is 51.6 Å². The molecule has 0 spiro atoms. The number of aromatic nitrogens is 2. The number of hydrogen-bond donors (Lipinski definition) is 1. The number of aryl methyl sites for hydroxylation is 1. The van der Waals surface area contributed by atoms with E-state index in [0.29, 0.717) is 0 Å². The lowest BCUT2D eigenvalue weighted by molar-refractivity contribution is 0.208. The monoisotopic (exact) mass is 309 g/mol. The molecule has 5 atom stereocenters. The Kier molecular flexibility index (Phi) is 3.26. The van der Waals surface area contributed by atoms with E-state index in [9.17, 15) is 0 Å². The van der Waals surface area contributed by atoms with Gasteiger partial charge in [-0.1, -0.05) is 18.6 Å². The molecule has 1 heterocycles. The van der Waals surface area contributed by atoms with Crippen molar-refractivity contribution in [2.75, 3.05) is 6.54 Å². The Morgan fingerprint density at radius 2 is 2.00 bits per heavy atom. The molecule has 3 heteroatoms. The Morgan fingerprint density at radius 1 is 1.13 bits per heavy atom. The van der Waals surface area contributed by atoms with Crippen LogP contribution in [-0.2, 0) is 6.54 Å². The Labute approximate surface area is 138 Å². The van der Waals surface area contributed by atoms with E-state index in [-0.39, 0.29) is 0 Å². The molecule has 3 aliphatic rings. The highest BCUT2D eigenvalue weighted by Gasteiger charge is 2.53. The number of benzene rings is 1. The molecule has 1 aromatic heterocycles. The number of nitrogens with zero attached hydrogens (tertiary/aromatic N) is 2. The zero-order valence-electron chi connectivity index (χ0n) is 14.0. The van der Waals surface area contributed by atoms with E-state index in [1.807, 2.05) is 0 Å². The van der Waals surface area contributed by atoms with Crippen LogP contribution in [0.1, 0.15) is 37.9 Å². The molecule has 1 aromatic carbocycles. The number of para-hydroxylation sites is 2. The Balaban J connectivity index is 1.25. The maximum atomic E-state index is 4.68. The van der Waals surface area contributed by atoms with Gasteiger partial charge in [0.15, 0.2) is 0 Å². The maximum absolute atomic E-state index is 4.68. The van der Waals surface area contributed by atoms with Crippen LogP contribution in [0.4, 0.5) is 0 Å². The van der Waals surface area contributed by atoms with Crippen LogP contribution >= 0.6 is 0 Å². The second kappa shape index (κ2) is 5.34. The number of rotatable bonds is 4. The predicted molar refractivity (Wildman–Crippen MR) is 93.3 cm³/mol. The summed E-state index contributed by atoms with van der Waals surface area (Å²) in [6, 6.07) is 9.28. The van der Waals surface area contributed by atoms with Crippen molar-refractivity contribution in [3.8, 4) is 0 Å². The van der Waals surface area contributed by atoms with E-state index in [4.69, 9.17) is 0 Å². The van der Waals surface area contributed by atoms with Gasteiger partial charge in [0.1, 0.15) is 5.82 Å². The molecular formula is C20H27N3. The molecule has 5 rings (SSSR count). The lowest BCUT2D eigenvalue weighted by Gasteiger charge is -2.32. The number of nitrogens with one attached hydrogen (secondary N) is 1. The van der Waals surface area contributed by atoms with E-state index in [1.165, 1.54) is 37.6 Å². The van der Waals surface area contributed by atoms with Crippen LogP contribution in [0.25, 0.3) is 11.0 Å². The highest BCUT2D eigenvalue weighted by Crippen LogP contribution is 2.58. The summed E-state index contributed by atoms with van der Waals surface area (Å²) in [4.78, 5) is 4.68. The normalized spacial score (nSPS) is 35.3. The van der Waals surface area contributed by atoms with Gasteiger partial charge in [0.05, 0.1) is 11.0 Å². The van der Waals surface area contributed by atoms with Crippen molar-refractivity contribution in [1.29, 1.82) is 0 Å². The first kappa shape index (κ1) is 14.0. The van der Waals surface area contributed by atoms with Crippen LogP contribution < -0.4 is 5.32 Å². The van der Waals surface area contributed by atoms with Crippen molar-refractivity contribution < 1.29 is 0 Å². The van der Waals surface area contributed by atoms with Crippen LogP contribution in [-0.4, -0.2) is 22.1 Å². The molecule has 2 aromatic rings. The lowest BCUT2D eigenvalue weighted by atomic mass is 9.79. The summed E-state index contributed by atoms with van der Waals surface area (Å²) in [6.07, 6.45) is 7.48. The summed E-state index contributed by atoms with van der Waals surface area (Å²) in [5.41, 5.74) is 2.40. The van der Waals surface area contributed by atoms with E-state index in [2.05, 4.69) is 46.1 Å². The molecular weight excluding hydrogens is 282 g/mol. The highest BCUT2D eigenvalue weighted by atomic mass is 15.1. The van der Waals surface area contributed by atoms with Gasteiger partial charge in [0.25, 0.3) is 0 Å². The second-order valence-corrected chi connectivity index (χ2v) is 8.01. The van der Waals surface area contributed by atoms with Gasteiger partial charge in [0, 0.05) is 19.1 Å². The Bertz CT molecular complexity index is 719. The van der Waals surface area contributed by atoms with E-state index in [1.54, 1.807) is 0 Å². The number of fused-ring (bicyclic) bond motifs is 6.